The van der Waals surface area contributed by atoms with Crippen LogP contribution < -0.4 is 10.0 Å². The van der Waals surface area contributed by atoms with Gasteiger partial charge in [-0.25, -0.2) is 26.7 Å². The quantitative estimate of drug-likeness (QED) is 0.510. The van der Waals surface area contributed by atoms with E-state index in [-0.39, 0.29) is 22.7 Å². The Labute approximate surface area is 175 Å². The van der Waals surface area contributed by atoms with Crippen LogP contribution in [0.4, 0.5) is 14.5 Å². The molecule has 2 aromatic carbocycles. The van der Waals surface area contributed by atoms with E-state index in [9.17, 15) is 26.8 Å². The third-order valence-electron chi connectivity index (χ3n) is 3.90. The smallest absolute Gasteiger partial charge is 0.338 e. The van der Waals surface area contributed by atoms with Crippen molar-refractivity contribution in [3.8, 4) is 0 Å². The lowest BCUT2D eigenvalue weighted by Crippen LogP contribution is -2.23. The zero-order chi connectivity index (χ0) is 22.4. The third kappa shape index (κ3) is 6.20. The molecule has 8 nitrogen and oxygen atoms in total. The van der Waals surface area contributed by atoms with Crippen LogP contribution in [0.1, 0.15) is 16.1 Å². The van der Waals surface area contributed by atoms with Gasteiger partial charge in [-0.15, -0.1) is 0 Å². The third-order valence-corrected chi connectivity index (χ3v) is 5.31. The first-order chi connectivity index (χ1) is 14.7. The summed E-state index contributed by atoms with van der Waals surface area (Å²) in [6.45, 7) is -0.745. The number of esters is 1. The maximum atomic E-state index is 13.1. The maximum Gasteiger partial charge on any atom is 0.338 e. The molecule has 2 N–H and O–H groups in total. The fourth-order valence-corrected chi connectivity index (χ4v) is 3.46. The van der Waals surface area contributed by atoms with Crippen LogP contribution in [0.5, 0.6) is 0 Å². The van der Waals surface area contributed by atoms with Crippen LogP contribution in [-0.2, 0) is 26.1 Å². The van der Waals surface area contributed by atoms with Crippen LogP contribution in [0.15, 0.2) is 70.2 Å². The van der Waals surface area contributed by atoms with E-state index in [1.807, 2.05) is 0 Å². The Balaban J connectivity index is 1.54. The molecule has 0 bridgehead atoms. The number of sulfonamides is 1. The van der Waals surface area contributed by atoms with Crippen molar-refractivity contribution in [1.82, 2.24) is 4.72 Å². The number of ether oxygens (including phenoxy) is 1. The standard InChI is InChI=1S/C20H16F2N2O6S/c21-14-8-15(22)10-16(9-14)24-19(25)12-30-20(26)13-3-5-18(6-4-13)31(27,28)23-11-17-2-1-7-29-17/h1-10,23H,11-12H2,(H,24,25). The number of hydrogen-bond acceptors (Lipinski definition) is 6. The SMILES string of the molecule is O=C(COC(=O)c1ccc(S(=O)(=O)NCc2ccco2)cc1)Nc1cc(F)cc(F)c1. The molecule has 0 fully saturated rings. The molecule has 3 rings (SSSR count). The summed E-state index contributed by atoms with van der Waals surface area (Å²) in [5, 5.41) is 2.19. The summed E-state index contributed by atoms with van der Waals surface area (Å²) in [5.74, 6) is -3.00. The summed E-state index contributed by atoms with van der Waals surface area (Å²) >= 11 is 0. The Kier molecular flexibility index (Phi) is 6.78. The van der Waals surface area contributed by atoms with Gasteiger partial charge in [0.1, 0.15) is 17.4 Å². The Bertz CT molecular complexity index is 1160. The van der Waals surface area contributed by atoms with Crippen LogP contribution >= 0.6 is 0 Å². The van der Waals surface area contributed by atoms with Crippen molar-refractivity contribution >= 4 is 27.6 Å². The Hall–Kier alpha value is -3.57. The number of anilines is 1. The monoisotopic (exact) mass is 450 g/mol. The number of halogens is 2. The number of nitrogens with one attached hydrogen (secondary N) is 2. The second kappa shape index (κ2) is 9.49. The fourth-order valence-electron chi connectivity index (χ4n) is 2.47. The summed E-state index contributed by atoms with van der Waals surface area (Å²) < 4.78 is 63.0. The van der Waals surface area contributed by atoms with Crippen molar-refractivity contribution < 1.29 is 35.9 Å². The van der Waals surface area contributed by atoms with Crippen molar-refractivity contribution in [1.29, 1.82) is 0 Å². The van der Waals surface area contributed by atoms with E-state index in [1.165, 1.54) is 30.5 Å². The molecule has 3 aromatic rings. The number of rotatable bonds is 8. The molecule has 1 aromatic heterocycles. The highest BCUT2D eigenvalue weighted by Crippen LogP contribution is 2.14. The molecular weight excluding hydrogens is 434 g/mol. The van der Waals surface area contributed by atoms with Crippen molar-refractivity contribution in [2.24, 2.45) is 0 Å². The first-order valence-corrected chi connectivity index (χ1v) is 10.3. The molecule has 0 aliphatic rings. The molecule has 31 heavy (non-hydrogen) atoms. The Morgan fingerprint density at radius 2 is 1.68 bits per heavy atom. The molecule has 0 aliphatic heterocycles. The predicted molar refractivity (Wildman–Crippen MR) is 104 cm³/mol. The molecule has 0 saturated carbocycles. The lowest BCUT2D eigenvalue weighted by Gasteiger charge is -2.08. The molecule has 0 aliphatic carbocycles. The van der Waals surface area contributed by atoms with Crippen molar-refractivity contribution in [3.63, 3.8) is 0 Å². The van der Waals surface area contributed by atoms with Gasteiger partial charge in [-0.3, -0.25) is 4.79 Å². The van der Waals surface area contributed by atoms with E-state index < -0.39 is 40.1 Å². The first-order valence-electron chi connectivity index (χ1n) is 8.78. The normalized spacial score (nSPS) is 11.2. The number of amides is 1. The van der Waals surface area contributed by atoms with Gasteiger partial charge < -0.3 is 14.5 Å². The van der Waals surface area contributed by atoms with E-state index in [1.54, 1.807) is 12.1 Å². The van der Waals surface area contributed by atoms with Crippen LogP contribution in [-0.4, -0.2) is 26.9 Å². The molecule has 0 unspecified atom stereocenters. The van der Waals surface area contributed by atoms with E-state index in [0.717, 1.165) is 12.1 Å². The summed E-state index contributed by atoms with van der Waals surface area (Å²) in [6, 6.07) is 10.6. The lowest BCUT2D eigenvalue weighted by molar-refractivity contribution is -0.119. The maximum absolute atomic E-state index is 13.1. The summed E-state index contributed by atoms with van der Waals surface area (Å²) in [7, 11) is -3.83. The summed E-state index contributed by atoms with van der Waals surface area (Å²) in [6.07, 6.45) is 1.42. The highest BCUT2D eigenvalue weighted by Gasteiger charge is 2.16. The van der Waals surface area contributed by atoms with Gasteiger partial charge in [0.2, 0.25) is 10.0 Å². The van der Waals surface area contributed by atoms with Crippen molar-refractivity contribution in [3.05, 3.63) is 83.8 Å². The average molecular weight is 450 g/mol. The molecular formula is C20H16F2N2O6S. The zero-order valence-corrected chi connectivity index (χ0v) is 16.6. The lowest BCUT2D eigenvalue weighted by atomic mass is 10.2. The first kappa shape index (κ1) is 22.1. The van der Waals surface area contributed by atoms with Crippen LogP contribution in [0, 0.1) is 11.6 Å². The van der Waals surface area contributed by atoms with Gasteiger partial charge in [-0.1, -0.05) is 0 Å². The second-order valence-electron chi connectivity index (χ2n) is 6.21. The van der Waals surface area contributed by atoms with Crippen molar-refractivity contribution in [2.75, 3.05) is 11.9 Å². The highest BCUT2D eigenvalue weighted by molar-refractivity contribution is 7.89. The number of carbonyl (C=O) groups excluding carboxylic acids is 2. The molecule has 0 radical (unpaired) electrons. The number of hydrogen-bond donors (Lipinski definition) is 2. The van der Waals surface area contributed by atoms with E-state index >= 15 is 0 Å². The van der Waals surface area contributed by atoms with Gasteiger partial charge in [0.15, 0.2) is 6.61 Å². The van der Waals surface area contributed by atoms with Gasteiger partial charge in [0, 0.05) is 11.8 Å². The molecule has 1 heterocycles. The summed E-state index contributed by atoms with van der Waals surface area (Å²) in [5.41, 5.74) is -0.121. The zero-order valence-electron chi connectivity index (χ0n) is 15.8. The van der Waals surface area contributed by atoms with Gasteiger partial charge in [0.05, 0.1) is 23.3 Å². The van der Waals surface area contributed by atoms with E-state index in [2.05, 4.69) is 10.0 Å². The number of furan rings is 1. The molecule has 0 saturated heterocycles. The predicted octanol–water partition coefficient (Wildman–Crippen LogP) is 2.83. The largest absolute Gasteiger partial charge is 0.468 e. The minimum Gasteiger partial charge on any atom is -0.468 e. The van der Waals surface area contributed by atoms with Crippen LogP contribution in [0.25, 0.3) is 0 Å². The van der Waals surface area contributed by atoms with E-state index in [4.69, 9.17) is 9.15 Å². The van der Waals surface area contributed by atoms with Crippen LogP contribution in [0.3, 0.4) is 0 Å². The van der Waals surface area contributed by atoms with Gasteiger partial charge in [-0.2, -0.15) is 0 Å². The topological polar surface area (TPSA) is 115 Å². The van der Waals surface area contributed by atoms with Gasteiger partial charge in [0.25, 0.3) is 5.91 Å². The molecule has 162 valence electrons. The second-order valence-corrected chi connectivity index (χ2v) is 7.98. The van der Waals surface area contributed by atoms with Gasteiger partial charge >= 0.3 is 5.97 Å². The average Bonchev–Trinajstić information content (AvgIpc) is 3.24. The molecule has 1 amide bonds. The Morgan fingerprint density at radius 1 is 1.00 bits per heavy atom. The highest BCUT2D eigenvalue weighted by atomic mass is 32.2. The van der Waals surface area contributed by atoms with Crippen molar-refractivity contribution in [2.45, 2.75) is 11.4 Å². The fraction of sp³-hybridized carbons (Fsp3) is 0.100. The van der Waals surface area contributed by atoms with Gasteiger partial charge in [-0.05, 0) is 48.5 Å². The minimum atomic E-state index is -3.83. The number of benzene rings is 2. The molecule has 0 spiro atoms. The summed E-state index contributed by atoms with van der Waals surface area (Å²) in [4.78, 5) is 23.8. The molecule has 11 heteroatoms. The molecule has 0 atom stereocenters. The minimum absolute atomic E-state index is 0.00887. The Morgan fingerprint density at radius 3 is 2.29 bits per heavy atom. The van der Waals surface area contributed by atoms with Crippen LogP contribution in [0.2, 0.25) is 0 Å². The number of carbonyl (C=O) groups is 2. The van der Waals surface area contributed by atoms with E-state index in [0.29, 0.717) is 11.8 Å².